The first-order valence-electron chi connectivity index (χ1n) is 12.3. The van der Waals surface area contributed by atoms with E-state index in [1.165, 1.54) is 12.4 Å². The van der Waals surface area contributed by atoms with Crippen LogP contribution in [0.15, 0.2) is 36.7 Å². The minimum Gasteiger partial charge on any atom is -0.382 e. The zero-order chi connectivity index (χ0) is 26.4. The molecule has 0 atom stereocenters. The third kappa shape index (κ3) is 6.60. The summed E-state index contributed by atoms with van der Waals surface area (Å²) in [6.07, 6.45) is 6.69. The Morgan fingerprint density at radius 1 is 1.14 bits per heavy atom. The fourth-order valence-corrected chi connectivity index (χ4v) is 4.23. The second-order valence-corrected chi connectivity index (χ2v) is 10.0. The van der Waals surface area contributed by atoms with Crippen molar-refractivity contribution >= 4 is 17.1 Å². The summed E-state index contributed by atoms with van der Waals surface area (Å²) in [4.78, 5) is 22.8. The number of nitrogens with one attached hydrogen (secondary N) is 4. The molecule has 1 fully saturated rings. The SMILES string of the molecule is CC(C)(C)ONNC1CCC(Nc2cc(-c3ccc4cc(C#N)cnn34)ncc2C(=O)NCC#N)CC1. The number of rotatable bonds is 8. The third-order valence-corrected chi connectivity index (χ3v) is 6.08. The molecule has 37 heavy (non-hydrogen) atoms. The molecular weight excluding hydrogens is 470 g/mol. The van der Waals surface area contributed by atoms with Crippen LogP contribution in [0.2, 0.25) is 0 Å². The molecule has 3 aromatic rings. The molecule has 1 amide bonds. The summed E-state index contributed by atoms with van der Waals surface area (Å²) in [6, 6.07) is 11.8. The molecule has 0 radical (unpaired) electrons. The van der Waals surface area contributed by atoms with E-state index in [1.54, 1.807) is 10.6 Å². The number of hydrazine groups is 1. The third-order valence-electron chi connectivity index (χ3n) is 6.08. The van der Waals surface area contributed by atoms with Crippen LogP contribution in [0.1, 0.15) is 62.4 Å². The lowest BCUT2D eigenvalue weighted by Crippen LogP contribution is -2.47. The molecule has 0 unspecified atom stereocenters. The molecule has 0 aromatic carbocycles. The minimum absolute atomic E-state index is 0.0884. The smallest absolute Gasteiger partial charge is 0.255 e. The second kappa shape index (κ2) is 11.4. The van der Waals surface area contributed by atoms with Crippen LogP contribution in [0.3, 0.4) is 0 Å². The number of carbonyl (C=O) groups is 1. The Morgan fingerprint density at radius 3 is 2.59 bits per heavy atom. The van der Waals surface area contributed by atoms with Gasteiger partial charge in [0.2, 0.25) is 0 Å². The van der Waals surface area contributed by atoms with E-state index in [-0.39, 0.29) is 30.1 Å². The fraction of sp³-hybridized carbons (Fsp3) is 0.423. The van der Waals surface area contributed by atoms with Crippen LogP contribution in [-0.4, -0.2) is 44.7 Å². The van der Waals surface area contributed by atoms with Gasteiger partial charge in [-0.25, -0.2) is 9.94 Å². The maximum absolute atomic E-state index is 12.8. The molecule has 0 aliphatic heterocycles. The van der Waals surface area contributed by atoms with Crippen molar-refractivity contribution in [3.8, 4) is 23.5 Å². The highest BCUT2D eigenvalue weighted by molar-refractivity contribution is 6.00. The van der Waals surface area contributed by atoms with Crippen LogP contribution in [0, 0.1) is 22.7 Å². The average molecular weight is 502 g/mol. The lowest BCUT2D eigenvalue weighted by molar-refractivity contribution is -0.0990. The fourth-order valence-electron chi connectivity index (χ4n) is 4.23. The van der Waals surface area contributed by atoms with Crippen LogP contribution in [0.5, 0.6) is 0 Å². The Balaban J connectivity index is 1.52. The number of aromatic nitrogens is 3. The molecule has 1 saturated carbocycles. The van der Waals surface area contributed by atoms with Gasteiger partial charge in [-0.3, -0.25) is 14.6 Å². The summed E-state index contributed by atoms with van der Waals surface area (Å²) in [5.41, 5.74) is 9.46. The lowest BCUT2D eigenvalue weighted by Gasteiger charge is -2.31. The molecule has 3 heterocycles. The zero-order valence-corrected chi connectivity index (χ0v) is 21.2. The van der Waals surface area contributed by atoms with Crippen LogP contribution >= 0.6 is 0 Å². The molecule has 0 spiro atoms. The first-order valence-corrected chi connectivity index (χ1v) is 12.3. The summed E-state index contributed by atoms with van der Waals surface area (Å²) >= 11 is 0. The number of hydrogen-bond acceptors (Lipinski definition) is 9. The van der Waals surface area contributed by atoms with E-state index in [0.29, 0.717) is 22.5 Å². The summed E-state index contributed by atoms with van der Waals surface area (Å²) in [5.74, 6) is -0.362. The van der Waals surface area contributed by atoms with Gasteiger partial charge in [0.15, 0.2) is 0 Å². The molecule has 4 N–H and O–H groups in total. The molecule has 0 saturated heterocycles. The lowest BCUT2D eigenvalue weighted by atomic mass is 9.91. The molecular formula is C26H31N9O2. The molecule has 0 bridgehead atoms. The highest BCUT2D eigenvalue weighted by atomic mass is 16.7. The number of carbonyl (C=O) groups excluding carboxylic acids is 1. The van der Waals surface area contributed by atoms with Gasteiger partial charge in [0, 0.05) is 18.3 Å². The first kappa shape index (κ1) is 26.0. The van der Waals surface area contributed by atoms with Crippen molar-refractivity contribution in [3.05, 3.63) is 47.8 Å². The number of pyridine rings is 1. The largest absolute Gasteiger partial charge is 0.382 e. The van der Waals surface area contributed by atoms with Crippen LogP contribution < -0.4 is 21.6 Å². The number of nitriles is 2. The van der Waals surface area contributed by atoms with Gasteiger partial charge in [-0.15, -0.1) is 5.59 Å². The Morgan fingerprint density at radius 2 is 1.89 bits per heavy atom. The van der Waals surface area contributed by atoms with Crippen molar-refractivity contribution in [3.63, 3.8) is 0 Å². The highest BCUT2D eigenvalue weighted by Gasteiger charge is 2.24. The normalized spacial score (nSPS) is 17.6. The number of hydrogen-bond donors (Lipinski definition) is 4. The van der Waals surface area contributed by atoms with Crippen molar-refractivity contribution in [1.29, 1.82) is 10.5 Å². The molecule has 3 aromatic heterocycles. The summed E-state index contributed by atoms with van der Waals surface area (Å²) in [7, 11) is 0. The molecule has 1 aliphatic carbocycles. The summed E-state index contributed by atoms with van der Waals surface area (Å²) < 4.78 is 1.71. The zero-order valence-electron chi connectivity index (χ0n) is 21.2. The first-order chi connectivity index (χ1) is 17.8. The van der Waals surface area contributed by atoms with Gasteiger partial charge in [0.1, 0.15) is 12.6 Å². The summed E-state index contributed by atoms with van der Waals surface area (Å²) in [6.45, 7) is 5.85. The predicted molar refractivity (Wildman–Crippen MR) is 138 cm³/mol. The van der Waals surface area contributed by atoms with E-state index < -0.39 is 0 Å². The number of amides is 1. The molecule has 1 aliphatic rings. The topological polar surface area (TPSA) is 152 Å². The molecule has 4 rings (SSSR count). The van der Waals surface area contributed by atoms with Gasteiger partial charge >= 0.3 is 0 Å². The van der Waals surface area contributed by atoms with Crippen molar-refractivity contribution in [2.75, 3.05) is 11.9 Å². The quantitative estimate of drug-likeness (QED) is 0.269. The number of fused-ring (bicyclic) bond motifs is 1. The van der Waals surface area contributed by atoms with E-state index in [2.05, 4.69) is 37.8 Å². The van der Waals surface area contributed by atoms with E-state index in [9.17, 15) is 4.79 Å². The Bertz CT molecular complexity index is 1340. The van der Waals surface area contributed by atoms with E-state index in [4.69, 9.17) is 15.4 Å². The van der Waals surface area contributed by atoms with Gasteiger partial charge in [0.25, 0.3) is 5.91 Å². The maximum atomic E-state index is 12.8. The van der Waals surface area contributed by atoms with E-state index >= 15 is 0 Å². The van der Waals surface area contributed by atoms with E-state index in [1.807, 2.05) is 45.0 Å². The van der Waals surface area contributed by atoms with Crippen LogP contribution in [-0.2, 0) is 4.84 Å². The van der Waals surface area contributed by atoms with E-state index in [0.717, 1.165) is 36.9 Å². The standard InChI is InChI=1S/C26H31N9O2/c1-26(2,3)37-34-33-19-6-4-18(5-7-19)32-22-13-23(30-16-21(22)25(36)29-11-10-27)24-9-8-20-12-17(14-28)15-31-35(20)24/h8-9,12-13,15-16,18-19,33-34H,4-7,11H2,1-3H3,(H,29,36)(H,30,32). The number of anilines is 1. The molecule has 11 heteroatoms. The summed E-state index contributed by atoms with van der Waals surface area (Å²) in [5, 5.41) is 28.6. The van der Waals surface area contributed by atoms with Gasteiger partial charge in [-0.2, -0.15) is 15.6 Å². The van der Waals surface area contributed by atoms with Gasteiger partial charge < -0.3 is 10.6 Å². The Hall–Kier alpha value is -4.03. The maximum Gasteiger partial charge on any atom is 0.255 e. The van der Waals surface area contributed by atoms with Crippen LogP contribution in [0.25, 0.3) is 16.9 Å². The minimum atomic E-state index is -0.362. The molecule has 192 valence electrons. The second-order valence-electron chi connectivity index (χ2n) is 10.0. The Labute approximate surface area is 215 Å². The monoisotopic (exact) mass is 501 g/mol. The van der Waals surface area contributed by atoms with Gasteiger partial charge in [-0.1, -0.05) is 0 Å². The van der Waals surface area contributed by atoms with Crippen molar-refractivity contribution in [2.24, 2.45) is 0 Å². The van der Waals surface area contributed by atoms with Gasteiger partial charge in [0.05, 0.1) is 51.6 Å². The van der Waals surface area contributed by atoms with Crippen LogP contribution in [0.4, 0.5) is 5.69 Å². The van der Waals surface area contributed by atoms with Crippen molar-refractivity contribution in [2.45, 2.75) is 64.1 Å². The van der Waals surface area contributed by atoms with Crippen molar-refractivity contribution in [1.82, 2.24) is 30.9 Å². The van der Waals surface area contributed by atoms with Gasteiger partial charge in [-0.05, 0) is 70.7 Å². The molecule has 11 nitrogen and oxygen atoms in total. The average Bonchev–Trinajstić information content (AvgIpc) is 3.30. The van der Waals surface area contributed by atoms with Crippen molar-refractivity contribution < 1.29 is 9.63 Å². The predicted octanol–water partition coefficient (Wildman–Crippen LogP) is 3.07. The Kier molecular flexibility index (Phi) is 7.99. The number of nitrogens with zero attached hydrogens (tertiary/aromatic N) is 5. The highest BCUT2D eigenvalue weighted by Crippen LogP contribution is 2.28.